The van der Waals surface area contributed by atoms with Crippen molar-refractivity contribution in [3.05, 3.63) is 52.6 Å². The van der Waals surface area contributed by atoms with Crippen LogP contribution in [-0.4, -0.2) is 20.3 Å². The topological polar surface area (TPSA) is 84.7 Å². The zero-order chi connectivity index (χ0) is 12.5. The van der Waals surface area contributed by atoms with Gasteiger partial charge < -0.3 is 0 Å². The number of fused-ring (bicyclic) bond motifs is 1. The van der Waals surface area contributed by atoms with Crippen LogP contribution in [0.25, 0.3) is 22.2 Å². The first-order chi connectivity index (χ1) is 8.75. The number of nitro benzene ring substituents is 1. The summed E-state index contributed by atoms with van der Waals surface area (Å²) in [4.78, 5) is 10.5. The third kappa shape index (κ3) is 2.41. The molecule has 0 fully saturated rings. The fourth-order valence-electron chi connectivity index (χ4n) is 1.88. The monoisotopic (exact) mass is 347 g/mol. The van der Waals surface area contributed by atoms with Gasteiger partial charge in [-0.05, 0) is 5.56 Å². The van der Waals surface area contributed by atoms with Crippen LogP contribution in [0.15, 0.2) is 42.5 Å². The van der Waals surface area contributed by atoms with E-state index in [-0.39, 0.29) is 28.1 Å². The molecule has 0 aliphatic carbocycles. The minimum absolute atomic E-state index is 0. The number of nitro groups is 1. The normalized spacial score (nSPS) is 10.1. The molecule has 0 amide bonds. The summed E-state index contributed by atoms with van der Waals surface area (Å²) < 4.78 is 0. The van der Waals surface area contributed by atoms with Crippen molar-refractivity contribution in [3.63, 3.8) is 0 Å². The Bertz CT molecular complexity index is 727. The summed E-state index contributed by atoms with van der Waals surface area (Å²) in [6, 6.07) is 12.3. The molecule has 6 nitrogen and oxygen atoms in total. The second-order valence-corrected chi connectivity index (χ2v) is 3.81. The summed E-state index contributed by atoms with van der Waals surface area (Å²) in [6.07, 6.45) is 0. The molecule has 7 heteroatoms. The van der Waals surface area contributed by atoms with Gasteiger partial charge in [0.15, 0.2) is 0 Å². The largest absolute Gasteiger partial charge is 1.00 e. The van der Waals surface area contributed by atoms with E-state index in [1.165, 1.54) is 12.1 Å². The predicted octanol–water partition coefficient (Wildman–Crippen LogP) is 2.53. The maximum Gasteiger partial charge on any atom is 1.00 e. The third-order valence-corrected chi connectivity index (χ3v) is 2.70. The number of hydrogen-bond donors (Lipinski definition) is 1. The Labute approximate surface area is 123 Å². The average Bonchev–Trinajstić information content (AvgIpc) is 2.86. The molecule has 0 saturated carbocycles. The van der Waals surface area contributed by atoms with Crippen molar-refractivity contribution in [1.29, 1.82) is 0 Å². The summed E-state index contributed by atoms with van der Waals surface area (Å²) in [5, 5.41) is 21.3. The molecule has 3 rings (SSSR count). The number of H-pyrrole nitrogens is 1. The molecule has 0 unspecified atom stereocenters. The van der Waals surface area contributed by atoms with Gasteiger partial charge in [0.05, 0.1) is 4.92 Å². The zero-order valence-corrected chi connectivity index (χ0v) is 11.0. The fraction of sp³-hybridized carbons (Fsp3) is 0. The van der Waals surface area contributed by atoms with Crippen molar-refractivity contribution in [2.75, 3.05) is 0 Å². The van der Waals surface area contributed by atoms with Crippen LogP contribution in [0.4, 0.5) is 5.69 Å². The van der Waals surface area contributed by atoms with Gasteiger partial charge in [-0.25, -0.2) is 0 Å². The number of nitrogens with one attached hydrogen (secondary N) is 1. The van der Waals surface area contributed by atoms with Gasteiger partial charge in [-0.3, -0.25) is 10.1 Å². The van der Waals surface area contributed by atoms with E-state index in [0.717, 1.165) is 5.56 Å². The molecule has 0 bridgehead atoms. The zero-order valence-electron chi connectivity index (χ0n) is 9.50. The number of aromatic nitrogens is 3. The quantitative estimate of drug-likeness (QED) is 0.438. The molecule has 1 N–H and O–H groups in total. The number of non-ortho nitro benzene ring substituents is 1. The molecule has 0 radical (unpaired) electrons. The van der Waals surface area contributed by atoms with Crippen LogP contribution in [0.2, 0.25) is 0 Å². The molecule has 1 heterocycles. The molecule has 0 atom stereocenters. The van der Waals surface area contributed by atoms with E-state index >= 15 is 0 Å². The van der Waals surface area contributed by atoms with E-state index in [1.54, 1.807) is 0 Å². The Kier molecular flexibility index (Phi) is 3.75. The summed E-state index contributed by atoms with van der Waals surface area (Å²) in [5.74, 6) is 0. The van der Waals surface area contributed by atoms with Crippen molar-refractivity contribution in [3.8, 4) is 11.1 Å². The first kappa shape index (κ1) is 13.4. The minimum atomic E-state index is -0.430. The van der Waals surface area contributed by atoms with Gasteiger partial charge in [-0.2, -0.15) is 15.4 Å². The van der Waals surface area contributed by atoms with Crippen molar-refractivity contribution >= 4 is 16.7 Å². The maximum atomic E-state index is 10.9. The Balaban J connectivity index is 0.00000133. The van der Waals surface area contributed by atoms with Crippen LogP contribution >= 0.6 is 0 Å². The third-order valence-electron chi connectivity index (χ3n) is 2.70. The smallest absolute Gasteiger partial charge is 0.258 e. The molecule has 0 saturated heterocycles. The van der Waals surface area contributed by atoms with E-state index in [1.807, 2.05) is 30.3 Å². The van der Waals surface area contributed by atoms with Crippen LogP contribution in [0.1, 0.15) is 0 Å². The molecule has 98 valence electrons. The van der Waals surface area contributed by atoms with Gasteiger partial charge in [0.25, 0.3) is 5.69 Å². The van der Waals surface area contributed by atoms with Crippen molar-refractivity contribution in [2.24, 2.45) is 0 Å². The van der Waals surface area contributed by atoms with E-state index in [9.17, 15) is 10.1 Å². The number of rotatable bonds is 2. The second-order valence-electron chi connectivity index (χ2n) is 3.81. The van der Waals surface area contributed by atoms with Gasteiger partial charge in [0, 0.05) is 17.7 Å². The van der Waals surface area contributed by atoms with Gasteiger partial charge in [0.1, 0.15) is 11.0 Å². The molecular weight excluding hydrogens is 340 g/mol. The van der Waals surface area contributed by atoms with Crippen LogP contribution in [0.5, 0.6) is 0 Å². The van der Waals surface area contributed by atoms with E-state index < -0.39 is 4.92 Å². The van der Waals surface area contributed by atoms with Gasteiger partial charge in [-0.15, -0.1) is 0 Å². The first-order valence-electron chi connectivity index (χ1n) is 5.30. The number of hydrogen-bond acceptors (Lipinski definition) is 4. The predicted molar refractivity (Wildman–Crippen MR) is 66.0 cm³/mol. The van der Waals surface area contributed by atoms with E-state index in [4.69, 9.17) is 0 Å². The van der Waals surface area contributed by atoms with E-state index in [0.29, 0.717) is 16.6 Å². The Morgan fingerprint density at radius 3 is 2.53 bits per heavy atom. The molecule has 0 aliphatic rings. The van der Waals surface area contributed by atoms with Crippen LogP contribution in [0.3, 0.4) is 0 Å². The van der Waals surface area contributed by atoms with Gasteiger partial charge in [0.2, 0.25) is 0 Å². The maximum absolute atomic E-state index is 10.9. The van der Waals surface area contributed by atoms with Crippen LogP contribution in [-0.2, 0) is 22.4 Å². The van der Waals surface area contributed by atoms with Gasteiger partial charge in [-0.1, -0.05) is 30.3 Å². The van der Waals surface area contributed by atoms with E-state index in [2.05, 4.69) is 15.4 Å². The Hall–Kier alpha value is -2.02. The number of nitrogens with zero attached hydrogens (tertiary/aromatic N) is 3. The summed E-state index contributed by atoms with van der Waals surface area (Å²) in [7, 11) is 0. The Morgan fingerprint density at radius 2 is 1.84 bits per heavy atom. The summed E-state index contributed by atoms with van der Waals surface area (Å²) >= 11 is 0. The Morgan fingerprint density at radius 1 is 1.11 bits per heavy atom. The minimum Gasteiger partial charge on any atom is -0.258 e. The molecule has 3 aromatic rings. The summed E-state index contributed by atoms with van der Waals surface area (Å²) in [5.41, 5.74) is 2.71. The van der Waals surface area contributed by atoms with Crippen LogP contribution in [0, 0.1) is 10.1 Å². The second kappa shape index (κ2) is 5.31. The standard InChI is InChI=1S/C12H8N4O2.Ag/c17-16(18)9-6-10(8-4-2-1-3-5-8)12-11(7-9)13-15-14-12;/h1-7H,(H,13,14,15);/q;+1. The molecular formula is C12H8AgN4O2+. The SMILES string of the molecule is O=[N+]([O-])c1cc(-c2ccccc2)c2n[nH]nc2c1.[Ag+]. The molecule has 0 spiro atoms. The number of benzene rings is 2. The van der Waals surface area contributed by atoms with Crippen molar-refractivity contribution < 1.29 is 27.3 Å². The first-order valence-corrected chi connectivity index (χ1v) is 5.30. The molecule has 2 aromatic carbocycles. The van der Waals surface area contributed by atoms with Crippen molar-refractivity contribution in [1.82, 2.24) is 15.4 Å². The molecule has 1 aromatic heterocycles. The molecule has 0 aliphatic heterocycles. The molecule has 19 heavy (non-hydrogen) atoms. The van der Waals surface area contributed by atoms with Crippen LogP contribution < -0.4 is 0 Å². The average molecular weight is 348 g/mol. The van der Waals surface area contributed by atoms with Crippen molar-refractivity contribution in [2.45, 2.75) is 0 Å². The fourth-order valence-corrected chi connectivity index (χ4v) is 1.88. The number of aromatic amines is 1. The summed E-state index contributed by atoms with van der Waals surface area (Å²) in [6.45, 7) is 0. The van der Waals surface area contributed by atoms with Gasteiger partial charge >= 0.3 is 22.4 Å².